The van der Waals surface area contributed by atoms with E-state index in [0.717, 1.165) is 22.6 Å². The van der Waals surface area contributed by atoms with Crippen molar-refractivity contribution in [2.24, 2.45) is 13.0 Å². The molecule has 2 N–H and O–H groups in total. The van der Waals surface area contributed by atoms with Gasteiger partial charge in [0.05, 0.1) is 5.69 Å². The molecule has 0 aromatic carbocycles. The molecule has 0 unspecified atom stereocenters. The van der Waals surface area contributed by atoms with Crippen molar-refractivity contribution in [3.05, 3.63) is 10.3 Å². The Kier molecular flexibility index (Phi) is 3.90. The van der Waals surface area contributed by atoms with Crippen molar-refractivity contribution in [2.45, 2.75) is 44.9 Å². The molecule has 1 aromatic rings. The summed E-state index contributed by atoms with van der Waals surface area (Å²) in [6.45, 7) is 0. The van der Waals surface area contributed by atoms with Crippen LogP contribution >= 0.6 is 15.9 Å². The van der Waals surface area contributed by atoms with Crippen LogP contribution in [0.4, 0.5) is 5.95 Å². The molecule has 4 heteroatoms. The smallest absolute Gasteiger partial charge is 0.201 e. The number of anilines is 1. The van der Waals surface area contributed by atoms with E-state index in [2.05, 4.69) is 20.9 Å². The van der Waals surface area contributed by atoms with Gasteiger partial charge in [-0.2, -0.15) is 0 Å². The zero-order valence-electron chi connectivity index (χ0n) is 9.88. The normalized spacial score (nSPS) is 17.9. The Hall–Kier alpha value is -0.510. The van der Waals surface area contributed by atoms with Gasteiger partial charge in [0.15, 0.2) is 0 Å². The molecular weight excluding hydrogens is 266 g/mol. The van der Waals surface area contributed by atoms with Gasteiger partial charge in [0.25, 0.3) is 0 Å². The Balaban J connectivity index is 1.91. The second-order valence-electron chi connectivity index (χ2n) is 4.81. The van der Waals surface area contributed by atoms with Crippen LogP contribution in [0, 0.1) is 5.92 Å². The molecule has 16 heavy (non-hydrogen) atoms. The Morgan fingerprint density at radius 1 is 1.38 bits per heavy atom. The maximum Gasteiger partial charge on any atom is 0.201 e. The zero-order chi connectivity index (χ0) is 11.5. The van der Waals surface area contributed by atoms with Gasteiger partial charge < -0.3 is 10.3 Å². The Morgan fingerprint density at radius 2 is 2.06 bits per heavy atom. The van der Waals surface area contributed by atoms with Crippen molar-refractivity contribution in [1.82, 2.24) is 9.55 Å². The van der Waals surface area contributed by atoms with Crippen LogP contribution in [0.5, 0.6) is 0 Å². The first-order valence-electron chi connectivity index (χ1n) is 6.15. The van der Waals surface area contributed by atoms with E-state index in [-0.39, 0.29) is 0 Å². The second kappa shape index (κ2) is 5.21. The highest BCUT2D eigenvalue weighted by molar-refractivity contribution is 9.10. The summed E-state index contributed by atoms with van der Waals surface area (Å²) >= 11 is 3.55. The highest BCUT2D eigenvalue weighted by atomic mass is 79.9. The van der Waals surface area contributed by atoms with Crippen molar-refractivity contribution in [1.29, 1.82) is 0 Å². The van der Waals surface area contributed by atoms with Crippen LogP contribution in [0.15, 0.2) is 4.60 Å². The van der Waals surface area contributed by atoms with Gasteiger partial charge >= 0.3 is 0 Å². The molecule has 0 aliphatic heterocycles. The summed E-state index contributed by atoms with van der Waals surface area (Å²) in [7, 11) is 1.94. The standard InChI is InChI=1S/C12H20BrN3/c1-16-11(13)10(15-12(16)14)8-7-9-5-3-2-4-6-9/h9H,2-8H2,1H3,(H2,14,15). The summed E-state index contributed by atoms with van der Waals surface area (Å²) < 4.78 is 2.94. The molecule has 1 fully saturated rings. The molecule has 1 saturated carbocycles. The summed E-state index contributed by atoms with van der Waals surface area (Å²) in [4.78, 5) is 4.39. The van der Waals surface area contributed by atoms with Crippen molar-refractivity contribution in [3.63, 3.8) is 0 Å². The molecule has 1 heterocycles. The lowest BCUT2D eigenvalue weighted by Crippen LogP contribution is -2.07. The largest absolute Gasteiger partial charge is 0.369 e. The van der Waals surface area contributed by atoms with E-state index in [1.165, 1.54) is 38.5 Å². The average molecular weight is 286 g/mol. The lowest BCUT2D eigenvalue weighted by atomic mass is 9.86. The molecule has 0 saturated heterocycles. The third-order valence-electron chi connectivity index (χ3n) is 3.64. The number of imidazole rings is 1. The minimum absolute atomic E-state index is 0.602. The molecule has 0 spiro atoms. The molecular formula is C12H20BrN3. The fourth-order valence-corrected chi connectivity index (χ4v) is 3.00. The zero-order valence-corrected chi connectivity index (χ0v) is 11.5. The lowest BCUT2D eigenvalue weighted by Gasteiger charge is -2.20. The van der Waals surface area contributed by atoms with Crippen molar-refractivity contribution in [2.75, 3.05) is 5.73 Å². The first-order chi connectivity index (χ1) is 7.68. The van der Waals surface area contributed by atoms with Crippen molar-refractivity contribution in [3.8, 4) is 0 Å². The van der Waals surface area contributed by atoms with E-state index in [4.69, 9.17) is 5.73 Å². The number of halogens is 1. The molecule has 1 aliphatic rings. The number of aryl methyl sites for hydroxylation is 1. The van der Waals surface area contributed by atoms with Crippen LogP contribution < -0.4 is 5.73 Å². The highest BCUT2D eigenvalue weighted by Crippen LogP contribution is 2.29. The van der Waals surface area contributed by atoms with Crippen LogP contribution in [0.3, 0.4) is 0 Å². The molecule has 0 atom stereocenters. The summed E-state index contributed by atoms with van der Waals surface area (Å²) in [5, 5.41) is 0. The number of hydrogen-bond acceptors (Lipinski definition) is 2. The van der Waals surface area contributed by atoms with E-state index in [1.54, 1.807) is 0 Å². The second-order valence-corrected chi connectivity index (χ2v) is 5.56. The van der Waals surface area contributed by atoms with E-state index < -0.39 is 0 Å². The van der Waals surface area contributed by atoms with Gasteiger partial charge in [0.1, 0.15) is 4.60 Å². The van der Waals surface area contributed by atoms with Gasteiger partial charge in [-0.25, -0.2) is 4.98 Å². The predicted molar refractivity (Wildman–Crippen MR) is 70.2 cm³/mol. The summed E-state index contributed by atoms with van der Waals surface area (Å²) in [6, 6.07) is 0. The number of nitrogens with two attached hydrogens (primary N) is 1. The Labute approximate surface area is 106 Å². The van der Waals surface area contributed by atoms with Crippen LogP contribution in [0.25, 0.3) is 0 Å². The van der Waals surface area contributed by atoms with Crippen LogP contribution in [0.2, 0.25) is 0 Å². The van der Waals surface area contributed by atoms with Crippen LogP contribution in [-0.4, -0.2) is 9.55 Å². The molecule has 1 aromatic heterocycles. The third-order valence-corrected chi connectivity index (χ3v) is 4.63. The third kappa shape index (κ3) is 2.59. The van der Waals surface area contributed by atoms with Crippen LogP contribution in [0.1, 0.15) is 44.2 Å². The maximum atomic E-state index is 5.77. The molecule has 0 bridgehead atoms. The van der Waals surface area contributed by atoms with Gasteiger partial charge in [-0.05, 0) is 34.7 Å². The minimum atomic E-state index is 0.602. The molecule has 2 rings (SSSR count). The van der Waals surface area contributed by atoms with Gasteiger partial charge in [-0.3, -0.25) is 0 Å². The average Bonchev–Trinajstić information content (AvgIpc) is 2.56. The number of hydrogen-bond donors (Lipinski definition) is 1. The Bertz CT molecular complexity index is 353. The topological polar surface area (TPSA) is 43.8 Å². The van der Waals surface area contributed by atoms with Gasteiger partial charge in [0.2, 0.25) is 5.95 Å². The number of aromatic nitrogens is 2. The summed E-state index contributed by atoms with van der Waals surface area (Å²) in [5.74, 6) is 1.51. The predicted octanol–water partition coefficient (Wildman–Crippen LogP) is 3.28. The number of rotatable bonds is 3. The molecule has 0 amide bonds. The fourth-order valence-electron chi connectivity index (χ4n) is 2.53. The molecule has 0 radical (unpaired) electrons. The van der Waals surface area contributed by atoms with E-state index in [1.807, 2.05) is 11.6 Å². The summed E-state index contributed by atoms with van der Waals surface area (Å²) in [6.07, 6.45) is 9.37. The van der Waals surface area contributed by atoms with Gasteiger partial charge in [-0.1, -0.05) is 32.1 Å². The number of nitrogen functional groups attached to an aromatic ring is 1. The monoisotopic (exact) mass is 285 g/mol. The molecule has 90 valence electrons. The quantitative estimate of drug-likeness (QED) is 0.926. The first kappa shape index (κ1) is 12.0. The van der Waals surface area contributed by atoms with Gasteiger partial charge in [0, 0.05) is 7.05 Å². The SMILES string of the molecule is Cn1c(N)nc(CCC2CCCCC2)c1Br. The van der Waals surface area contributed by atoms with Gasteiger partial charge in [-0.15, -0.1) is 0 Å². The number of nitrogens with zero attached hydrogens (tertiary/aromatic N) is 2. The minimum Gasteiger partial charge on any atom is -0.369 e. The Morgan fingerprint density at radius 3 is 2.62 bits per heavy atom. The summed E-state index contributed by atoms with van der Waals surface area (Å²) in [5.41, 5.74) is 6.89. The lowest BCUT2D eigenvalue weighted by molar-refractivity contribution is 0.338. The van der Waals surface area contributed by atoms with Crippen molar-refractivity contribution >= 4 is 21.9 Å². The fraction of sp³-hybridized carbons (Fsp3) is 0.750. The van der Waals surface area contributed by atoms with E-state index in [0.29, 0.717) is 5.95 Å². The van der Waals surface area contributed by atoms with Crippen molar-refractivity contribution < 1.29 is 0 Å². The highest BCUT2D eigenvalue weighted by Gasteiger charge is 2.16. The van der Waals surface area contributed by atoms with Crippen LogP contribution in [-0.2, 0) is 13.5 Å². The maximum absolute atomic E-state index is 5.77. The molecule has 1 aliphatic carbocycles. The van der Waals surface area contributed by atoms with E-state index in [9.17, 15) is 0 Å². The van der Waals surface area contributed by atoms with E-state index >= 15 is 0 Å². The first-order valence-corrected chi connectivity index (χ1v) is 6.94. The molecule has 3 nitrogen and oxygen atoms in total.